The lowest BCUT2D eigenvalue weighted by Crippen LogP contribution is -2.23. The molecule has 0 fully saturated rings. The second kappa shape index (κ2) is 5.77. The average Bonchev–Trinajstić information content (AvgIpc) is 2.97. The Bertz CT molecular complexity index is 1050. The quantitative estimate of drug-likeness (QED) is 0.584. The highest BCUT2D eigenvalue weighted by molar-refractivity contribution is 5.92. The maximum atomic E-state index is 13.0. The molecule has 5 heteroatoms. The van der Waals surface area contributed by atoms with Gasteiger partial charge in [-0.2, -0.15) is 10.2 Å². The Morgan fingerprint density at radius 1 is 0.958 bits per heavy atom. The molecule has 0 saturated carbocycles. The maximum Gasteiger partial charge on any atom is 0.278 e. The molecule has 4 aromatic rings. The van der Waals surface area contributed by atoms with Crippen molar-refractivity contribution in [2.24, 2.45) is 7.05 Å². The summed E-state index contributed by atoms with van der Waals surface area (Å²) in [6.07, 6.45) is 1.71. The number of benzene rings is 2. The molecule has 0 aliphatic rings. The summed E-state index contributed by atoms with van der Waals surface area (Å²) in [5.74, 6) is 0. The Hall–Kier alpha value is -3.21. The van der Waals surface area contributed by atoms with E-state index in [0.717, 1.165) is 16.6 Å². The molecule has 0 aliphatic heterocycles. The van der Waals surface area contributed by atoms with Crippen LogP contribution in [0.4, 0.5) is 0 Å². The van der Waals surface area contributed by atoms with Crippen LogP contribution in [0, 0.1) is 0 Å². The molecule has 0 N–H and O–H groups in total. The summed E-state index contributed by atoms with van der Waals surface area (Å²) in [7, 11) is 1.83. The van der Waals surface area contributed by atoms with Crippen LogP contribution in [0.25, 0.3) is 22.2 Å². The van der Waals surface area contributed by atoms with Crippen molar-refractivity contribution in [3.8, 4) is 11.3 Å². The molecule has 2 heterocycles. The van der Waals surface area contributed by atoms with Gasteiger partial charge in [0.25, 0.3) is 5.56 Å². The summed E-state index contributed by atoms with van der Waals surface area (Å²) in [5.41, 5.74) is 3.28. The van der Waals surface area contributed by atoms with Gasteiger partial charge in [0, 0.05) is 12.6 Å². The minimum Gasteiger partial charge on any atom is -0.267 e. The van der Waals surface area contributed by atoms with Gasteiger partial charge in [0.1, 0.15) is 5.69 Å². The first-order valence-corrected chi connectivity index (χ1v) is 7.76. The summed E-state index contributed by atoms with van der Waals surface area (Å²) >= 11 is 0. The zero-order chi connectivity index (χ0) is 16.5. The van der Waals surface area contributed by atoms with Gasteiger partial charge in [0.2, 0.25) is 0 Å². The van der Waals surface area contributed by atoms with Gasteiger partial charge in [-0.15, -0.1) is 0 Å². The number of nitrogens with zero attached hydrogens (tertiary/aromatic N) is 4. The highest BCUT2D eigenvalue weighted by atomic mass is 16.1. The molecule has 5 nitrogen and oxygen atoms in total. The Morgan fingerprint density at radius 3 is 2.33 bits per heavy atom. The lowest BCUT2D eigenvalue weighted by atomic mass is 10.1. The number of hydrogen-bond acceptors (Lipinski definition) is 3. The first-order valence-electron chi connectivity index (χ1n) is 7.76. The van der Waals surface area contributed by atoms with Gasteiger partial charge in [0.15, 0.2) is 0 Å². The lowest BCUT2D eigenvalue weighted by molar-refractivity contribution is 0.645. The van der Waals surface area contributed by atoms with E-state index < -0.39 is 0 Å². The van der Waals surface area contributed by atoms with Crippen molar-refractivity contribution in [1.29, 1.82) is 0 Å². The van der Waals surface area contributed by atoms with Crippen LogP contribution < -0.4 is 5.56 Å². The molecule has 0 saturated heterocycles. The van der Waals surface area contributed by atoms with Crippen LogP contribution in [0.2, 0.25) is 0 Å². The van der Waals surface area contributed by atoms with Gasteiger partial charge in [-0.05, 0) is 5.56 Å². The molecule has 0 spiro atoms. The zero-order valence-electron chi connectivity index (χ0n) is 13.3. The zero-order valence-corrected chi connectivity index (χ0v) is 13.3. The van der Waals surface area contributed by atoms with Crippen LogP contribution in [-0.4, -0.2) is 19.6 Å². The molecule has 0 amide bonds. The smallest absolute Gasteiger partial charge is 0.267 e. The first-order chi connectivity index (χ1) is 11.7. The standard InChI is InChI=1S/C19H16N4O/c1-22-16-12-20-23(13-14-8-4-2-5-9-14)19(24)17(16)18(21-22)15-10-6-3-7-11-15/h2-12H,13H2,1H3. The summed E-state index contributed by atoms with van der Waals surface area (Å²) in [4.78, 5) is 13.0. The third-order valence-corrected chi connectivity index (χ3v) is 4.08. The van der Waals surface area contributed by atoms with Crippen molar-refractivity contribution in [1.82, 2.24) is 19.6 Å². The summed E-state index contributed by atoms with van der Waals surface area (Å²) < 4.78 is 3.20. The number of fused-ring (bicyclic) bond motifs is 1. The Kier molecular flexibility index (Phi) is 3.46. The molecule has 24 heavy (non-hydrogen) atoms. The topological polar surface area (TPSA) is 52.7 Å². The summed E-state index contributed by atoms with van der Waals surface area (Å²) in [6.45, 7) is 0.443. The van der Waals surface area contributed by atoms with Crippen molar-refractivity contribution in [3.05, 3.63) is 82.8 Å². The fourth-order valence-corrected chi connectivity index (χ4v) is 2.87. The van der Waals surface area contributed by atoms with Gasteiger partial charge in [-0.1, -0.05) is 60.7 Å². The van der Waals surface area contributed by atoms with Crippen LogP contribution in [-0.2, 0) is 13.6 Å². The SMILES string of the molecule is Cn1nc(-c2ccccc2)c2c(=O)n(Cc3ccccc3)ncc21. The number of aryl methyl sites for hydroxylation is 1. The van der Waals surface area contributed by atoms with Gasteiger partial charge in [0.05, 0.1) is 23.6 Å². The van der Waals surface area contributed by atoms with Gasteiger partial charge < -0.3 is 0 Å². The van der Waals surface area contributed by atoms with Crippen LogP contribution in [0.3, 0.4) is 0 Å². The van der Waals surface area contributed by atoms with Gasteiger partial charge >= 0.3 is 0 Å². The molecular weight excluding hydrogens is 300 g/mol. The van der Waals surface area contributed by atoms with Crippen LogP contribution in [0.5, 0.6) is 0 Å². The molecule has 2 aromatic heterocycles. The predicted molar refractivity (Wildman–Crippen MR) is 93.7 cm³/mol. The summed E-state index contributed by atoms with van der Waals surface area (Å²) in [5, 5.41) is 9.45. The second-order valence-corrected chi connectivity index (χ2v) is 5.69. The maximum absolute atomic E-state index is 13.0. The molecule has 0 bridgehead atoms. The van der Waals surface area contributed by atoms with Crippen LogP contribution >= 0.6 is 0 Å². The third kappa shape index (κ3) is 2.40. The Labute approximate surface area is 138 Å². The van der Waals surface area contributed by atoms with Crippen molar-refractivity contribution in [2.45, 2.75) is 6.54 Å². The summed E-state index contributed by atoms with van der Waals surface area (Å²) in [6, 6.07) is 19.6. The molecule has 4 rings (SSSR count). The van der Waals surface area contributed by atoms with E-state index in [9.17, 15) is 4.79 Å². The largest absolute Gasteiger partial charge is 0.278 e. The molecule has 118 valence electrons. The number of hydrogen-bond donors (Lipinski definition) is 0. The van der Waals surface area contributed by atoms with E-state index in [1.165, 1.54) is 4.68 Å². The highest BCUT2D eigenvalue weighted by Crippen LogP contribution is 2.24. The third-order valence-electron chi connectivity index (χ3n) is 4.08. The van der Waals surface area contributed by atoms with E-state index in [1.807, 2.05) is 67.7 Å². The molecule has 0 unspecified atom stereocenters. The molecule has 2 aromatic carbocycles. The normalized spacial score (nSPS) is 11.0. The van der Waals surface area contributed by atoms with Crippen molar-refractivity contribution < 1.29 is 0 Å². The fraction of sp³-hybridized carbons (Fsp3) is 0.105. The highest BCUT2D eigenvalue weighted by Gasteiger charge is 2.16. The Balaban J connectivity index is 1.91. The van der Waals surface area contributed by atoms with E-state index in [4.69, 9.17) is 0 Å². The molecular formula is C19H16N4O. The molecule has 0 aliphatic carbocycles. The fourth-order valence-electron chi connectivity index (χ4n) is 2.87. The molecule has 0 atom stereocenters. The molecule has 0 radical (unpaired) electrons. The van der Waals surface area contributed by atoms with E-state index >= 15 is 0 Å². The average molecular weight is 316 g/mol. The van der Waals surface area contributed by atoms with Crippen molar-refractivity contribution in [2.75, 3.05) is 0 Å². The second-order valence-electron chi connectivity index (χ2n) is 5.69. The lowest BCUT2D eigenvalue weighted by Gasteiger charge is -2.05. The van der Waals surface area contributed by atoms with Gasteiger partial charge in [-0.25, -0.2) is 4.68 Å². The van der Waals surface area contributed by atoms with E-state index in [0.29, 0.717) is 17.6 Å². The van der Waals surface area contributed by atoms with Crippen LogP contribution in [0.15, 0.2) is 71.7 Å². The number of rotatable bonds is 3. The van der Waals surface area contributed by atoms with E-state index in [1.54, 1.807) is 10.9 Å². The van der Waals surface area contributed by atoms with Gasteiger partial charge in [-0.3, -0.25) is 9.48 Å². The van der Waals surface area contributed by atoms with Crippen LogP contribution in [0.1, 0.15) is 5.56 Å². The monoisotopic (exact) mass is 316 g/mol. The van der Waals surface area contributed by atoms with Crippen molar-refractivity contribution in [3.63, 3.8) is 0 Å². The van der Waals surface area contributed by atoms with E-state index in [2.05, 4.69) is 10.2 Å². The van der Waals surface area contributed by atoms with E-state index in [-0.39, 0.29) is 5.56 Å². The minimum atomic E-state index is -0.122. The first kappa shape index (κ1) is 14.4. The minimum absolute atomic E-state index is 0.122. The predicted octanol–water partition coefficient (Wildman–Crippen LogP) is 2.85. The Morgan fingerprint density at radius 2 is 1.62 bits per heavy atom. The van der Waals surface area contributed by atoms with Crippen molar-refractivity contribution >= 4 is 10.9 Å². The number of aromatic nitrogens is 4.